The lowest BCUT2D eigenvalue weighted by Gasteiger charge is -2.07. The summed E-state index contributed by atoms with van der Waals surface area (Å²) in [6.45, 7) is -0.250. The summed E-state index contributed by atoms with van der Waals surface area (Å²) in [4.78, 5) is 34.5. The number of hydrogen-bond acceptors (Lipinski definition) is 8. The van der Waals surface area contributed by atoms with Crippen molar-refractivity contribution in [2.75, 3.05) is 13.7 Å². The minimum Gasteiger partial charge on any atom is -0.497 e. The largest absolute Gasteiger partial charge is 0.497 e. The van der Waals surface area contributed by atoms with Gasteiger partial charge in [0.15, 0.2) is 6.61 Å². The van der Waals surface area contributed by atoms with Crippen molar-refractivity contribution in [2.24, 2.45) is 5.10 Å². The van der Waals surface area contributed by atoms with Crippen molar-refractivity contribution in [1.29, 1.82) is 0 Å². The first-order valence-electron chi connectivity index (χ1n) is 9.60. The van der Waals surface area contributed by atoms with Crippen LogP contribution in [0.1, 0.15) is 15.9 Å². The van der Waals surface area contributed by atoms with E-state index in [4.69, 9.17) is 14.2 Å². The molecule has 0 spiro atoms. The zero-order valence-corrected chi connectivity index (χ0v) is 17.5. The number of nitrogens with one attached hydrogen (secondary N) is 1. The molecule has 1 N–H and O–H groups in total. The number of hydrogen-bond donors (Lipinski definition) is 1. The van der Waals surface area contributed by atoms with Gasteiger partial charge in [-0.05, 0) is 48.5 Å². The Hall–Kier alpha value is -4.73. The van der Waals surface area contributed by atoms with Gasteiger partial charge in [-0.1, -0.05) is 12.1 Å². The van der Waals surface area contributed by atoms with Gasteiger partial charge in [0.1, 0.15) is 17.2 Å². The fourth-order valence-corrected chi connectivity index (χ4v) is 2.59. The molecule has 0 atom stereocenters. The molecule has 0 aromatic heterocycles. The SMILES string of the molecule is COc1ccc(OCC(=O)NN=Cc2ccccc2OC(=O)c2ccc([N+](=O)[O-])cc2)cc1. The molecule has 0 saturated heterocycles. The lowest BCUT2D eigenvalue weighted by Crippen LogP contribution is -2.24. The summed E-state index contributed by atoms with van der Waals surface area (Å²) in [5.41, 5.74) is 2.78. The predicted octanol–water partition coefficient (Wildman–Crippen LogP) is 3.35. The van der Waals surface area contributed by atoms with E-state index in [1.807, 2.05) is 0 Å². The molecule has 0 fully saturated rings. The van der Waals surface area contributed by atoms with E-state index >= 15 is 0 Å². The number of esters is 1. The number of para-hydroxylation sites is 1. The van der Waals surface area contributed by atoms with Crippen molar-refractivity contribution >= 4 is 23.8 Å². The van der Waals surface area contributed by atoms with Gasteiger partial charge in [-0.25, -0.2) is 10.2 Å². The topological polar surface area (TPSA) is 129 Å². The van der Waals surface area contributed by atoms with Crippen molar-refractivity contribution in [3.63, 3.8) is 0 Å². The number of ether oxygens (including phenoxy) is 3. The lowest BCUT2D eigenvalue weighted by molar-refractivity contribution is -0.384. The minimum atomic E-state index is -0.692. The number of amides is 1. The zero-order valence-electron chi connectivity index (χ0n) is 17.5. The van der Waals surface area contributed by atoms with Crippen LogP contribution in [0.5, 0.6) is 17.2 Å². The summed E-state index contributed by atoms with van der Waals surface area (Å²) in [5, 5.41) is 14.6. The van der Waals surface area contributed by atoms with Gasteiger partial charge in [-0.15, -0.1) is 0 Å². The average Bonchev–Trinajstić information content (AvgIpc) is 2.84. The fraction of sp³-hybridized carbons (Fsp3) is 0.0870. The number of methoxy groups -OCH3 is 1. The molecular weight excluding hydrogens is 430 g/mol. The number of nitro groups is 1. The Morgan fingerprint density at radius 3 is 2.33 bits per heavy atom. The molecule has 0 unspecified atom stereocenters. The Kier molecular flexibility index (Phi) is 7.68. The Morgan fingerprint density at radius 1 is 1.00 bits per heavy atom. The van der Waals surface area contributed by atoms with E-state index < -0.39 is 16.8 Å². The van der Waals surface area contributed by atoms with Crippen LogP contribution in [0.15, 0.2) is 77.9 Å². The van der Waals surface area contributed by atoms with Crippen molar-refractivity contribution in [1.82, 2.24) is 5.43 Å². The molecule has 10 heteroatoms. The monoisotopic (exact) mass is 449 g/mol. The second-order valence-electron chi connectivity index (χ2n) is 6.49. The van der Waals surface area contributed by atoms with E-state index in [0.29, 0.717) is 17.1 Å². The standard InChI is InChI=1S/C23H19N3O7/c1-31-19-10-12-20(13-11-19)32-15-22(27)25-24-14-17-4-2-3-5-21(17)33-23(28)16-6-8-18(9-7-16)26(29)30/h2-14H,15H2,1H3,(H,25,27). The Bertz CT molecular complexity index is 1160. The molecule has 0 bridgehead atoms. The highest BCUT2D eigenvalue weighted by molar-refractivity contribution is 5.93. The van der Waals surface area contributed by atoms with E-state index in [-0.39, 0.29) is 23.6 Å². The highest BCUT2D eigenvalue weighted by Gasteiger charge is 2.13. The normalized spacial score (nSPS) is 10.5. The average molecular weight is 449 g/mol. The molecule has 1 amide bonds. The summed E-state index contributed by atoms with van der Waals surface area (Å²) < 4.78 is 15.8. The third-order valence-electron chi connectivity index (χ3n) is 4.26. The molecule has 0 saturated carbocycles. The maximum Gasteiger partial charge on any atom is 0.343 e. The van der Waals surface area contributed by atoms with Crippen LogP contribution < -0.4 is 19.6 Å². The molecule has 3 rings (SSSR count). The molecule has 0 aliphatic heterocycles. The van der Waals surface area contributed by atoms with E-state index in [2.05, 4.69) is 10.5 Å². The van der Waals surface area contributed by atoms with Gasteiger partial charge in [-0.2, -0.15) is 5.10 Å². The van der Waals surface area contributed by atoms with Gasteiger partial charge >= 0.3 is 5.97 Å². The molecule has 0 aliphatic carbocycles. The molecule has 0 aliphatic rings. The van der Waals surface area contributed by atoms with Crippen LogP contribution in [0.3, 0.4) is 0 Å². The summed E-state index contributed by atoms with van der Waals surface area (Å²) in [5.74, 6) is 0.196. The number of benzene rings is 3. The van der Waals surface area contributed by atoms with Crippen LogP contribution >= 0.6 is 0 Å². The van der Waals surface area contributed by atoms with E-state index in [0.717, 1.165) is 0 Å². The van der Waals surface area contributed by atoms with Crippen LogP contribution in [-0.2, 0) is 4.79 Å². The van der Waals surface area contributed by atoms with Crippen molar-refractivity contribution < 1.29 is 28.7 Å². The summed E-state index contributed by atoms with van der Waals surface area (Å²) in [6.07, 6.45) is 1.32. The van der Waals surface area contributed by atoms with Gasteiger partial charge in [0.2, 0.25) is 0 Å². The Morgan fingerprint density at radius 2 is 1.67 bits per heavy atom. The van der Waals surface area contributed by atoms with Crippen molar-refractivity contribution in [3.8, 4) is 17.2 Å². The summed E-state index contributed by atoms with van der Waals surface area (Å²) in [7, 11) is 1.55. The van der Waals surface area contributed by atoms with Gasteiger partial charge in [0.25, 0.3) is 11.6 Å². The molecule has 10 nitrogen and oxygen atoms in total. The molecule has 168 valence electrons. The first-order valence-corrected chi connectivity index (χ1v) is 9.60. The van der Waals surface area contributed by atoms with E-state index in [9.17, 15) is 19.7 Å². The fourth-order valence-electron chi connectivity index (χ4n) is 2.59. The number of nitrogens with zero attached hydrogens (tertiary/aromatic N) is 2. The number of hydrazone groups is 1. The first kappa shape index (κ1) is 22.9. The van der Waals surface area contributed by atoms with Gasteiger partial charge < -0.3 is 14.2 Å². The first-order chi connectivity index (χ1) is 16.0. The highest BCUT2D eigenvalue weighted by atomic mass is 16.6. The van der Waals surface area contributed by atoms with Crippen molar-refractivity contribution in [3.05, 3.63) is 94.0 Å². The van der Waals surface area contributed by atoms with Gasteiger partial charge in [0.05, 0.1) is 23.8 Å². The third kappa shape index (κ3) is 6.62. The smallest absolute Gasteiger partial charge is 0.343 e. The van der Waals surface area contributed by atoms with Crippen LogP contribution in [0, 0.1) is 10.1 Å². The Labute approximate surface area is 188 Å². The van der Waals surface area contributed by atoms with Crippen LogP contribution in [0.25, 0.3) is 0 Å². The quantitative estimate of drug-likeness (QED) is 0.174. The number of carbonyl (C=O) groups excluding carboxylic acids is 2. The zero-order chi connectivity index (χ0) is 23.6. The minimum absolute atomic E-state index is 0.134. The molecule has 0 radical (unpaired) electrons. The molecular formula is C23H19N3O7. The maximum absolute atomic E-state index is 12.4. The van der Waals surface area contributed by atoms with E-state index in [1.165, 1.54) is 30.5 Å². The second-order valence-corrected chi connectivity index (χ2v) is 6.49. The number of nitro benzene ring substituents is 1. The maximum atomic E-state index is 12.4. The number of carbonyl (C=O) groups is 2. The third-order valence-corrected chi connectivity index (χ3v) is 4.26. The molecule has 33 heavy (non-hydrogen) atoms. The molecule has 3 aromatic rings. The highest BCUT2D eigenvalue weighted by Crippen LogP contribution is 2.19. The summed E-state index contributed by atoms with van der Waals surface area (Å²) >= 11 is 0. The predicted molar refractivity (Wildman–Crippen MR) is 119 cm³/mol. The van der Waals surface area contributed by atoms with Gasteiger partial charge in [-0.3, -0.25) is 14.9 Å². The second kappa shape index (κ2) is 11.0. The number of non-ortho nitro benzene ring substituents is 1. The lowest BCUT2D eigenvalue weighted by atomic mass is 10.2. The number of rotatable bonds is 9. The van der Waals surface area contributed by atoms with Crippen LogP contribution in [0.4, 0.5) is 5.69 Å². The molecule has 3 aromatic carbocycles. The van der Waals surface area contributed by atoms with Crippen LogP contribution in [-0.4, -0.2) is 36.7 Å². The van der Waals surface area contributed by atoms with Crippen molar-refractivity contribution in [2.45, 2.75) is 0 Å². The summed E-state index contributed by atoms with van der Waals surface area (Å²) in [6, 6.07) is 18.4. The van der Waals surface area contributed by atoms with Crippen LogP contribution in [0.2, 0.25) is 0 Å². The Balaban J connectivity index is 1.56. The van der Waals surface area contributed by atoms with Gasteiger partial charge in [0, 0.05) is 17.7 Å². The van der Waals surface area contributed by atoms with E-state index in [1.54, 1.807) is 55.6 Å². The molecule has 0 heterocycles.